The van der Waals surface area contributed by atoms with Crippen molar-refractivity contribution in [3.63, 3.8) is 0 Å². The van der Waals surface area contributed by atoms with E-state index in [1.165, 1.54) is 37.4 Å². The summed E-state index contributed by atoms with van der Waals surface area (Å²) in [5.41, 5.74) is 0.444. The zero-order valence-electron chi connectivity index (χ0n) is 40.5. The maximum absolute atomic E-state index is 14.3. The minimum atomic E-state index is -5.04. The van der Waals surface area contributed by atoms with Gasteiger partial charge in [0.15, 0.2) is 11.9 Å². The van der Waals surface area contributed by atoms with Gasteiger partial charge in [0.25, 0.3) is 5.91 Å². The van der Waals surface area contributed by atoms with Crippen LogP contribution in [0.2, 0.25) is 0 Å². The molecule has 2 heterocycles. The first-order valence-corrected chi connectivity index (χ1v) is 27.6. The molecule has 0 radical (unpaired) electrons. The Kier molecular flexibility index (Phi) is 22.6. The van der Waals surface area contributed by atoms with Crippen LogP contribution in [0.25, 0.3) is 0 Å². The van der Waals surface area contributed by atoms with Crippen LogP contribution in [-0.2, 0) is 39.7 Å². The van der Waals surface area contributed by atoms with Crippen LogP contribution < -0.4 is 20.5 Å². The fourth-order valence-electron chi connectivity index (χ4n) is 7.93. The van der Waals surface area contributed by atoms with Crippen molar-refractivity contribution in [2.24, 2.45) is 17.8 Å². The van der Waals surface area contributed by atoms with Crippen molar-refractivity contribution in [3.05, 3.63) is 39.8 Å². The van der Waals surface area contributed by atoms with E-state index >= 15 is 0 Å². The largest absolute Gasteiger partial charge is 0.524 e. The van der Waals surface area contributed by atoms with Crippen LogP contribution in [0.4, 0.5) is 5.69 Å². The van der Waals surface area contributed by atoms with E-state index in [0.29, 0.717) is 29.8 Å². The van der Waals surface area contributed by atoms with Gasteiger partial charge < -0.3 is 35.2 Å². The number of carbonyl (C=O) groups excluding carboxylic acids is 5. The van der Waals surface area contributed by atoms with Crippen LogP contribution in [0, 0.1) is 17.8 Å². The van der Waals surface area contributed by atoms with Crippen molar-refractivity contribution in [2.45, 2.75) is 148 Å². The van der Waals surface area contributed by atoms with Crippen molar-refractivity contribution >= 4 is 82.0 Å². The van der Waals surface area contributed by atoms with Gasteiger partial charge in [0.2, 0.25) is 17.7 Å². The number of carboxylic acids is 1. The number of amides is 4. The zero-order valence-corrected chi connectivity index (χ0v) is 43.9. The summed E-state index contributed by atoms with van der Waals surface area (Å²) in [6.07, 6.45) is 5.03. The first-order chi connectivity index (χ1) is 31.2. The van der Waals surface area contributed by atoms with E-state index in [0.717, 1.165) is 30.7 Å². The predicted octanol–water partition coefficient (Wildman–Crippen LogP) is 7.07. The lowest BCUT2D eigenvalue weighted by Crippen LogP contribution is -2.58. The third kappa shape index (κ3) is 18.6. The van der Waals surface area contributed by atoms with Crippen LogP contribution in [0.15, 0.2) is 23.6 Å². The number of likely N-dealkylation sites (tertiary alicyclic amines) is 1. The van der Waals surface area contributed by atoms with E-state index in [9.17, 15) is 48.2 Å². The number of nitrogens with zero attached hydrogens (tertiary/aromatic N) is 3. The number of phosphoric acid groups is 1. The number of hydrogen-bond donors (Lipinski definition) is 6. The molecule has 0 saturated carbocycles. The highest BCUT2D eigenvalue weighted by Gasteiger charge is 2.37. The number of hydrogen-bond acceptors (Lipinski definition) is 14. The highest BCUT2D eigenvalue weighted by atomic mass is 33.1. The van der Waals surface area contributed by atoms with E-state index in [4.69, 9.17) is 9.26 Å². The number of aliphatic carboxylic acids is 1. The molecule has 1 aliphatic heterocycles. The Morgan fingerprint density at radius 2 is 1.76 bits per heavy atom. The second kappa shape index (κ2) is 26.3. The predicted molar refractivity (Wildman–Crippen MR) is 263 cm³/mol. The summed E-state index contributed by atoms with van der Waals surface area (Å²) >= 11 is 1.08. The number of phosphoric ester groups is 1. The molecule has 18 nitrogen and oxygen atoms in total. The van der Waals surface area contributed by atoms with Crippen molar-refractivity contribution < 1.29 is 57.5 Å². The van der Waals surface area contributed by atoms with Gasteiger partial charge in [-0.3, -0.25) is 43.5 Å². The summed E-state index contributed by atoms with van der Waals surface area (Å²) in [4.78, 5) is 107. The lowest BCUT2D eigenvalue weighted by molar-refractivity contribution is -0.149. The molecule has 376 valence electrons. The molecule has 0 aliphatic carbocycles. The maximum Gasteiger partial charge on any atom is 0.524 e. The fourth-order valence-corrected chi connectivity index (χ4v) is 11.4. The van der Waals surface area contributed by atoms with E-state index in [2.05, 4.69) is 20.9 Å². The number of carbonyl (C=O) groups is 6. The third-order valence-electron chi connectivity index (χ3n) is 11.9. The molecule has 0 bridgehead atoms. The zero-order chi connectivity index (χ0) is 50.4. The number of carboxylic acid groups (broad SMARTS) is 1. The molecule has 0 spiro atoms. The highest BCUT2D eigenvalue weighted by molar-refractivity contribution is 8.76. The minimum absolute atomic E-state index is 0.0161. The Hall–Kier alpha value is -3.72. The number of ether oxygens (including phenoxy) is 1. The monoisotopic (exact) mass is 1010 g/mol. The fraction of sp³-hybridized carbons (Fsp3) is 0.667. The molecule has 1 fully saturated rings. The highest BCUT2D eigenvalue weighted by Crippen LogP contribution is 2.42. The van der Waals surface area contributed by atoms with Gasteiger partial charge >= 0.3 is 19.8 Å². The number of thiazole rings is 1. The molecule has 1 aliphatic rings. The Labute approximate surface area is 406 Å². The van der Waals surface area contributed by atoms with E-state index in [1.54, 1.807) is 33.5 Å². The Bertz CT molecular complexity index is 2070. The van der Waals surface area contributed by atoms with Crippen molar-refractivity contribution in [2.75, 3.05) is 32.2 Å². The molecular formula is C45H71N6O12PS3. The Morgan fingerprint density at radius 3 is 2.34 bits per heavy atom. The third-order valence-corrected chi connectivity index (χ3v) is 16.0. The lowest BCUT2D eigenvalue weighted by Gasteiger charge is -2.38. The van der Waals surface area contributed by atoms with E-state index in [1.807, 2.05) is 59.7 Å². The second-order valence-electron chi connectivity index (χ2n) is 18.3. The number of anilines is 1. The SMILES string of the molecule is CC[C@H](C)[C@H](NC(=O)[C@H]1CCCCN1C)C(=O)N(C)[C@H](C[C@@H](OC(C)=O)c1nc(C(=O)N[C@@H](Cc2ccc(OP(=O)(O)O)c(NC(=O)CCC(C)(C)SSC)c2)CC(C)C(=O)O)cs1)C(C)C. The van der Waals surface area contributed by atoms with Crippen molar-refractivity contribution in [3.8, 4) is 5.75 Å². The van der Waals surface area contributed by atoms with Gasteiger partial charge in [0.1, 0.15) is 16.7 Å². The van der Waals surface area contributed by atoms with Crippen LogP contribution in [0.3, 0.4) is 0 Å². The first kappa shape index (κ1) is 57.6. The van der Waals surface area contributed by atoms with Gasteiger partial charge in [-0.1, -0.05) is 75.1 Å². The first-order valence-electron chi connectivity index (χ1n) is 22.6. The second-order valence-corrected chi connectivity index (χ2v) is 23.5. The van der Waals surface area contributed by atoms with Gasteiger partial charge in [-0.25, -0.2) is 9.55 Å². The Morgan fingerprint density at radius 1 is 1.07 bits per heavy atom. The summed E-state index contributed by atoms with van der Waals surface area (Å²) < 4.78 is 22.3. The number of benzene rings is 1. The number of nitrogens with one attached hydrogen (secondary N) is 3. The molecule has 67 heavy (non-hydrogen) atoms. The molecular weight excluding hydrogens is 944 g/mol. The van der Waals surface area contributed by atoms with Crippen LogP contribution in [-0.4, -0.2) is 121 Å². The van der Waals surface area contributed by atoms with Crippen LogP contribution >= 0.6 is 40.7 Å². The number of likely N-dealkylation sites (N-methyl/N-ethyl adjacent to an activating group) is 2. The van der Waals surface area contributed by atoms with Crippen molar-refractivity contribution in [1.29, 1.82) is 0 Å². The number of rotatable bonds is 26. The summed E-state index contributed by atoms with van der Waals surface area (Å²) in [6, 6.07) is 1.83. The smallest absolute Gasteiger partial charge is 0.481 e. The summed E-state index contributed by atoms with van der Waals surface area (Å²) in [7, 11) is 1.74. The topological polar surface area (TPSA) is 254 Å². The minimum Gasteiger partial charge on any atom is -0.481 e. The molecule has 22 heteroatoms. The van der Waals surface area contributed by atoms with Gasteiger partial charge in [-0.2, -0.15) is 0 Å². The molecule has 1 unspecified atom stereocenters. The lowest BCUT2D eigenvalue weighted by atomic mass is 9.92. The molecule has 6 N–H and O–H groups in total. The normalized spacial score (nSPS) is 17.3. The van der Waals surface area contributed by atoms with Gasteiger partial charge in [0.05, 0.1) is 17.6 Å². The number of esters is 1. The molecule has 4 amide bonds. The standard InChI is InChI=1S/C45H71N6O12PS3/c1-12-27(4)39(49-41(55)34-15-13-14-20-50(34)9)43(56)51(10)35(26(2)3)24-37(62-29(6)52)42-48-33(25-66-42)40(54)46-31(21-28(5)44(57)58)22-30-16-17-36(63-64(59,60)61)32(23-30)47-38(53)18-19-45(7,8)67-65-11/h16-17,23,25-28,31,34-35,37,39H,12-15,18-22,24H2,1-11H3,(H,46,54)(H,47,53)(H,49,55)(H,57,58)(H2,59,60,61)/t27-,28?,31+,34+,35+,37+,39-/m0/s1. The Balaban J connectivity index is 1.89. The summed E-state index contributed by atoms with van der Waals surface area (Å²) in [5, 5.41) is 20.2. The molecule has 2 aromatic rings. The molecule has 1 aromatic carbocycles. The van der Waals surface area contributed by atoms with Gasteiger partial charge in [-0.05, 0) is 95.3 Å². The van der Waals surface area contributed by atoms with Crippen LogP contribution in [0.5, 0.6) is 5.75 Å². The van der Waals surface area contributed by atoms with Gasteiger partial charge in [-0.15, -0.1) is 11.3 Å². The average Bonchev–Trinajstić information content (AvgIpc) is 3.74. The number of aromatic nitrogens is 1. The molecule has 3 rings (SSSR count). The average molecular weight is 1020 g/mol. The molecule has 1 aromatic heterocycles. The molecule has 7 atom stereocenters. The summed E-state index contributed by atoms with van der Waals surface area (Å²) in [6.45, 7) is 15.3. The quantitative estimate of drug-likeness (QED) is 0.0313. The van der Waals surface area contributed by atoms with E-state index < -0.39 is 61.7 Å². The summed E-state index contributed by atoms with van der Waals surface area (Å²) in [5.74, 6) is -4.70. The van der Waals surface area contributed by atoms with Crippen molar-refractivity contribution in [1.82, 2.24) is 25.4 Å². The maximum atomic E-state index is 14.3. The van der Waals surface area contributed by atoms with E-state index in [-0.39, 0.29) is 77.3 Å². The van der Waals surface area contributed by atoms with Crippen LogP contribution in [0.1, 0.15) is 134 Å². The molecule has 1 saturated heterocycles. The number of piperidine rings is 1. The van der Waals surface area contributed by atoms with Gasteiger partial charge in [0, 0.05) is 49.0 Å².